The van der Waals surface area contributed by atoms with E-state index in [0.717, 1.165) is 29.8 Å². The molecule has 164 valence electrons. The fraction of sp³-hybridized carbons (Fsp3) is 0.462. The molecule has 2 aliphatic rings. The number of anilines is 2. The van der Waals surface area contributed by atoms with E-state index >= 15 is 0 Å². The first kappa shape index (κ1) is 21.5. The lowest BCUT2D eigenvalue weighted by Gasteiger charge is -2.36. The molecule has 4 rings (SSSR count). The summed E-state index contributed by atoms with van der Waals surface area (Å²) < 4.78 is 14.1. The number of alkyl halides is 1. The minimum absolute atomic E-state index is 0.0478. The number of carbonyl (C=O) groups excluding carboxylic acids is 2. The van der Waals surface area contributed by atoms with Crippen LogP contribution in [0.4, 0.5) is 15.8 Å². The van der Waals surface area contributed by atoms with Crippen molar-refractivity contribution in [3.8, 4) is 0 Å². The highest BCUT2D eigenvalue weighted by Gasteiger charge is 2.32. The van der Waals surface area contributed by atoms with Gasteiger partial charge in [0.2, 0.25) is 5.91 Å². The number of benzene rings is 2. The second-order valence-electron chi connectivity index (χ2n) is 9.15. The van der Waals surface area contributed by atoms with Gasteiger partial charge in [-0.05, 0) is 62.4 Å². The molecule has 4 nitrogen and oxygen atoms in total. The van der Waals surface area contributed by atoms with Crippen molar-refractivity contribution in [3.05, 3.63) is 60.2 Å². The Bertz CT molecular complexity index is 901. The Hall–Kier alpha value is -2.69. The van der Waals surface area contributed by atoms with Crippen LogP contribution in [0.3, 0.4) is 0 Å². The first-order valence-electron chi connectivity index (χ1n) is 11.3. The molecule has 31 heavy (non-hydrogen) atoms. The SMILES string of the molecule is CC1(F)CCN(c2ccc(N3CCC[C@@H](CC(=O)Cc4ccccc4)C3=O)cc2)CC1. The summed E-state index contributed by atoms with van der Waals surface area (Å²) in [4.78, 5) is 29.7. The quantitative estimate of drug-likeness (QED) is 0.661. The van der Waals surface area contributed by atoms with E-state index in [1.54, 1.807) is 6.92 Å². The summed E-state index contributed by atoms with van der Waals surface area (Å²) >= 11 is 0. The standard InChI is InChI=1S/C26H31FN2O2/c1-26(27)13-16-28(17-14-26)22-9-11-23(12-10-22)29-15-5-8-21(25(29)31)19-24(30)18-20-6-3-2-4-7-20/h2-4,6-7,9-12,21H,5,8,13-19H2,1H3/t21-/m0/s1. The third kappa shape index (κ3) is 5.33. The van der Waals surface area contributed by atoms with Gasteiger partial charge in [0.05, 0.1) is 0 Å². The summed E-state index contributed by atoms with van der Waals surface area (Å²) in [5.74, 6) is -0.0766. The third-order valence-corrected chi connectivity index (χ3v) is 6.60. The number of halogens is 1. The van der Waals surface area contributed by atoms with Crippen LogP contribution in [0.5, 0.6) is 0 Å². The molecule has 0 unspecified atom stereocenters. The van der Waals surface area contributed by atoms with E-state index in [0.29, 0.717) is 45.3 Å². The molecule has 0 aromatic heterocycles. The first-order valence-corrected chi connectivity index (χ1v) is 11.3. The molecule has 2 heterocycles. The molecule has 5 heteroatoms. The lowest BCUT2D eigenvalue weighted by atomic mass is 9.90. The van der Waals surface area contributed by atoms with Crippen molar-refractivity contribution in [2.75, 3.05) is 29.4 Å². The molecule has 0 radical (unpaired) electrons. The Labute approximate surface area is 184 Å². The zero-order valence-electron chi connectivity index (χ0n) is 18.2. The maximum absolute atomic E-state index is 14.1. The lowest BCUT2D eigenvalue weighted by Crippen LogP contribution is -2.42. The summed E-state index contributed by atoms with van der Waals surface area (Å²) in [6.45, 7) is 3.78. The van der Waals surface area contributed by atoms with E-state index in [1.165, 1.54) is 0 Å². The van der Waals surface area contributed by atoms with Gasteiger partial charge < -0.3 is 9.80 Å². The topological polar surface area (TPSA) is 40.6 Å². The fourth-order valence-corrected chi connectivity index (χ4v) is 4.64. The summed E-state index contributed by atoms with van der Waals surface area (Å²) in [5.41, 5.74) is 1.87. The molecule has 0 bridgehead atoms. The fourth-order valence-electron chi connectivity index (χ4n) is 4.64. The smallest absolute Gasteiger partial charge is 0.230 e. The van der Waals surface area contributed by atoms with Crippen LogP contribution < -0.4 is 9.80 Å². The van der Waals surface area contributed by atoms with E-state index in [4.69, 9.17) is 0 Å². The van der Waals surface area contributed by atoms with Crippen LogP contribution in [0.1, 0.15) is 44.6 Å². The van der Waals surface area contributed by atoms with Gasteiger partial charge in [-0.2, -0.15) is 0 Å². The Morgan fingerprint density at radius 2 is 1.65 bits per heavy atom. The van der Waals surface area contributed by atoms with Gasteiger partial charge in [-0.15, -0.1) is 0 Å². The molecular weight excluding hydrogens is 391 g/mol. The van der Waals surface area contributed by atoms with E-state index in [1.807, 2.05) is 59.5 Å². The maximum atomic E-state index is 14.1. The van der Waals surface area contributed by atoms with Gasteiger partial charge in [-0.1, -0.05) is 30.3 Å². The molecule has 2 aromatic rings. The summed E-state index contributed by atoms with van der Waals surface area (Å²) in [6.07, 6.45) is 3.43. The largest absolute Gasteiger partial charge is 0.371 e. The van der Waals surface area contributed by atoms with Crippen molar-refractivity contribution in [2.24, 2.45) is 5.92 Å². The number of rotatable bonds is 6. The zero-order chi connectivity index (χ0) is 21.8. The van der Waals surface area contributed by atoms with Gasteiger partial charge in [-0.3, -0.25) is 9.59 Å². The van der Waals surface area contributed by atoms with E-state index in [9.17, 15) is 14.0 Å². The average Bonchev–Trinajstić information content (AvgIpc) is 2.76. The molecule has 2 saturated heterocycles. The molecule has 2 aliphatic heterocycles. The van der Waals surface area contributed by atoms with Crippen molar-refractivity contribution < 1.29 is 14.0 Å². The first-order chi connectivity index (χ1) is 14.9. The number of carbonyl (C=O) groups is 2. The molecule has 0 spiro atoms. The van der Waals surface area contributed by atoms with Gasteiger partial charge >= 0.3 is 0 Å². The highest BCUT2D eigenvalue weighted by Crippen LogP contribution is 2.31. The second-order valence-corrected chi connectivity index (χ2v) is 9.15. The normalized spacial score (nSPS) is 21.2. The Balaban J connectivity index is 1.37. The molecule has 0 saturated carbocycles. The number of amides is 1. The van der Waals surface area contributed by atoms with Crippen LogP contribution in [0, 0.1) is 5.92 Å². The zero-order valence-corrected chi connectivity index (χ0v) is 18.2. The van der Waals surface area contributed by atoms with Gasteiger partial charge in [0, 0.05) is 49.8 Å². The second kappa shape index (κ2) is 9.21. The molecule has 1 atom stereocenters. The number of hydrogen-bond acceptors (Lipinski definition) is 3. The van der Waals surface area contributed by atoms with Crippen LogP contribution >= 0.6 is 0 Å². The van der Waals surface area contributed by atoms with E-state index in [2.05, 4.69) is 4.90 Å². The molecule has 0 N–H and O–H groups in total. The third-order valence-electron chi connectivity index (χ3n) is 6.60. The summed E-state index contributed by atoms with van der Waals surface area (Å²) in [6, 6.07) is 17.7. The van der Waals surface area contributed by atoms with Crippen LogP contribution in [0.25, 0.3) is 0 Å². The lowest BCUT2D eigenvalue weighted by molar-refractivity contribution is -0.128. The van der Waals surface area contributed by atoms with Gasteiger partial charge in [0.25, 0.3) is 0 Å². The Morgan fingerprint density at radius 1 is 1.00 bits per heavy atom. The van der Waals surface area contributed by atoms with Crippen molar-refractivity contribution in [1.82, 2.24) is 0 Å². The van der Waals surface area contributed by atoms with Gasteiger partial charge in [0.1, 0.15) is 11.5 Å². The van der Waals surface area contributed by atoms with Crippen LogP contribution in [-0.4, -0.2) is 37.0 Å². The van der Waals surface area contributed by atoms with Crippen molar-refractivity contribution in [2.45, 2.75) is 51.1 Å². The van der Waals surface area contributed by atoms with Gasteiger partial charge in [0.15, 0.2) is 0 Å². The van der Waals surface area contributed by atoms with E-state index < -0.39 is 5.67 Å². The average molecular weight is 423 g/mol. The predicted molar refractivity (Wildman–Crippen MR) is 122 cm³/mol. The molecular formula is C26H31FN2O2. The van der Waals surface area contributed by atoms with Crippen molar-refractivity contribution in [3.63, 3.8) is 0 Å². The summed E-state index contributed by atoms with van der Waals surface area (Å²) in [5, 5.41) is 0. The highest BCUT2D eigenvalue weighted by molar-refractivity contribution is 5.98. The Morgan fingerprint density at radius 3 is 2.32 bits per heavy atom. The van der Waals surface area contributed by atoms with Crippen molar-refractivity contribution >= 4 is 23.1 Å². The number of Topliss-reactive ketones (excluding diaryl/α,β-unsaturated/α-hetero) is 1. The monoisotopic (exact) mass is 422 g/mol. The highest BCUT2D eigenvalue weighted by atomic mass is 19.1. The number of nitrogens with zero attached hydrogens (tertiary/aromatic N) is 2. The van der Waals surface area contributed by atoms with Gasteiger partial charge in [-0.25, -0.2) is 4.39 Å². The Kier molecular flexibility index (Phi) is 6.40. The molecule has 1 amide bonds. The minimum atomic E-state index is -1.07. The molecule has 2 aromatic carbocycles. The molecule has 0 aliphatic carbocycles. The number of hydrogen-bond donors (Lipinski definition) is 0. The predicted octanol–water partition coefficient (Wildman–Crippen LogP) is 4.96. The van der Waals surface area contributed by atoms with Crippen molar-refractivity contribution in [1.29, 1.82) is 0 Å². The molecule has 2 fully saturated rings. The van der Waals surface area contributed by atoms with Crippen LogP contribution in [0.2, 0.25) is 0 Å². The minimum Gasteiger partial charge on any atom is -0.371 e. The number of piperidine rings is 2. The number of ketones is 1. The van der Waals surface area contributed by atoms with Crippen LogP contribution in [-0.2, 0) is 16.0 Å². The summed E-state index contributed by atoms with van der Waals surface area (Å²) in [7, 11) is 0. The maximum Gasteiger partial charge on any atom is 0.230 e. The van der Waals surface area contributed by atoms with E-state index in [-0.39, 0.29) is 17.6 Å². The van der Waals surface area contributed by atoms with Crippen LogP contribution in [0.15, 0.2) is 54.6 Å².